The zero-order valence-electron chi connectivity index (χ0n) is 20.6. The van der Waals surface area contributed by atoms with E-state index in [2.05, 4.69) is 51.0 Å². The minimum atomic E-state index is -0.488. The second-order valence-corrected chi connectivity index (χ2v) is 11.5. The summed E-state index contributed by atoms with van der Waals surface area (Å²) in [5.74, 6) is 1.38. The van der Waals surface area contributed by atoms with Crippen LogP contribution in [-0.2, 0) is 20.5 Å². The average molecular weight is 441 g/mol. The lowest BCUT2D eigenvalue weighted by Gasteiger charge is -2.32. The van der Waals surface area contributed by atoms with E-state index in [1.54, 1.807) is 0 Å². The quantitative estimate of drug-likeness (QED) is 0.683. The van der Waals surface area contributed by atoms with Crippen LogP contribution in [0.4, 0.5) is 4.79 Å². The maximum Gasteiger partial charge on any atom is 0.494 e. The summed E-state index contributed by atoms with van der Waals surface area (Å²) in [6.07, 6.45) is 2.40. The van der Waals surface area contributed by atoms with Crippen LogP contribution in [0.1, 0.15) is 74.1 Å². The van der Waals surface area contributed by atoms with E-state index in [0.29, 0.717) is 5.92 Å². The van der Waals surface area contributed by atoms with Crippen molar-refractivity contribution in [3.05, 3.63) is 24.0 Å². The number of carbonyl (C=O) groups is 1. The lowest BCUT2D eigenvalue weighted by Crippen LogP contribution is -2.41. The minimum Gasteiger partial charge on any atom is -0.444 e. The molecule has 2 heterocycles. The highest BCUT2D eigenvalue weighted by Gasteiger charge is 2.52. The third-order valence-corrected chi connectivity index (χ3v) is 7.01. The first-order valence-electron chi connectivity index (χ1n) is 11.5. The summed E-state index contributed by atoms with van der Waals surface area (Å²) in [6.45, 7) is 15.9. The van der Waals surface area contributed by atoms with E-state index in [1.165, 1.54) is 0 Å². The fourth-order valence-corrected chi connectivity index (χ4v) is 4.20. The van der Waals surface area contributed by atoms with E-state index < -0.39 is 5.60 Å². The van der Waals surface area contributed by atoms with Crippen LogP contribution < -0.4 is 10.8 Å². The van der Waals surface area contributed by atoms with Gasteiger partial charge >= 0.3 is 13.2 Å². The monoisotopic (exact) mass is 441 g/mol. The number of aryl methyl sites for hydroxylation is 1. The van der Waals surface area contributed by atoms with Gasteiger partial charge < -0.3 is 24.3 Å². The Morgan fingerprint density at radius 3 is 2.50 bits per heavy atom. The Hall–Kier alpha value is -2.06. The predicted octanol–water partition coefficient (Wildman–Crippen LogP) is 4.10. The van der Waals surface area contributed by atoms with Gasteiger partial charge in [0, 0.05) is 12.0 Å². The Balaban J connectivity index is 1.36. The lowest BCUT2D eigenvalue weighted by atomic mass is 9.79. The predicted molar refractivity (Wildman–Crippen MR) is 126 cm³/mol. The number of imidazole rings is 1. The zero-order valence-corrected chi connectivity index (χ0v) is 20.6. The molecule has 7 nitrogen and oxygen atoms in total. The van der Waals surface area contributed by atoms with Crippen molar-refractivity contribution in [1.82, 2.24) is 15.3 Å². The lowest BCUT2D eigenvalue weighted by molar-refractivity contribution is 0.00578. The summed E-state index contributed by atoms with van der Waals surface area (Å²) in [5, 5.41) is 3.03. The van der Waals surface area contributed by atoms with Crippen LogP contribution in [0, 0.1) is 5.92 Å². The number of amides is 1. The molecule has 0 radical (unpaired) electrons. The number of benzene rings is 1. The second kappa shape index (κ2) is 7.49. The molecule has 0 bridgehead atoms. The standard InChI is InChI=1S/C24H36BN3O4/c1-21(2,3)30-20(29)28-24(8)14-15(24)9-12-19-26-17-11-10-16(13-18(17)27-19)25-31-22(4,5)23(6,7)32-25/h10-11,13,15H,9,12,14H2,1-8H3,(H,26,27)(H,28,29)/t15-,24+/m0/s1. The number of aromatic amines is 1. The highest BCUT2D eigenvalue weighted by molar-refractivity contribution is 6.62. The molecule has 4 rings (SSSR count). The van der Waals surface area contributed by atoms with Crippen molar-refractivity contribution in [2.24, 2.45) is 5.92 Å². The summed E-state index contributed by atoms with van der Waals surface area (Å²) in [6, 6.07) is 6.11. The highest BCUT2D eigenvalue weighted by Crippen LogP contribution is 2.46. The first-order chi connectivity index (χ1) is 14.7. The molecule has 0 unspecified atom stereocenters. The van der Waals surface area contributed by atoms with E-state index in [0.717, 1.165) is 41.6 Å². The number of ether oxygens (including phenoxy) is 1. The van der Waals surface area contributed by atoms with E-state index in [1.807, 2.05) is 32.9 Å². The third kappa shape index (κ3) is 4.67. The van der Waals surface area contributed by atoms with Crippen molar-refractivity contribution in [3.8, 4) is 0 Å². The number of hydrogen-bond acceptors (Lipinski definition) is 5. The van der Waals surface area contributed by atoms with E-state index in [-0.39, 0.29) is 30.0 Å². The van der Waals surface area contributed by atoms with Gasteiger partial charge in [-0.1, -0.05) is 6.07 Å². The summed E-state index contributed by atoms with van der Waals surface area (Å²) in [5.41, 5.74) is 1.49. The van der Waals surface area contributed by atoms with Crippen LogP contribution in [0.5, 0.6) is 0 Å². The van der Waals surface area contributed by atoms with Crippen LogP contribution in [0.2, 0.25) is 0 Å². The first-order valence-corrected chi connectivity index (χ1v) is 11.5. The van der Waals surface area contributed by atoms with Crippen LogP contribution in [0.25, 0.3) is 11.0 Å². The zero-order chi connectivity index (χ0) is 23.5. The van der Waals surface area contributed by atoms with Crippen LogP contribution in [0.3, 0.4) is 0 Å². The Bertz CT molecular complexity index is 1010. The van der Waals surface area contributed by atoms with Gasteiger partial charge in [-0.15, -0.1) is 0 Å². The van der Waals surface area contributed by atoms with E-state index >= 15 is 0 Å². The fraction of sp³-hybridized carbons (Fsp3) is 0.667. The van der Waals surface area contributed by atoms with Gasteiger partial charge in [0.15, 0.2) is 0 Å². The van der Waals surface area contributed by atoms with Crippen molar-refractivity contribution in [3.63, 3.8) is 0 Å². The molecule has 1 aromatic heterocycles. The van der Waals surface area contributed by atoms with E-state index in [9.17, 15) is 4.79 Å². The van der Waals surface area contributed by atoms with Gasteiger partial charge in [0.2, 0.25) is 0 Å². The molecular weight excluding hydrogens is 405 g/mol. The smallest absolute Gasteiger partial charge is 0.444 e. The largest absolute Gasteiger partial charge is 0.494 e. The summed E-state index contributed by atoms with van der Waals surface area (Å²) in [4.78, 5) is 20.3. The molecule has 174 valence electrons. The summed E-state index contributed by atoms with van der Waals surface area (Å²) >= 11 is 0. The summed E-state index contributed by atoms with van der Waals surface area (Å²) < 4.78 is 17.7. The van der Waals surface area contributed by atoms with Gasteiger partial charge in [-0.05, 0) is 91.7 Å². The molecule has 1 amide bonds. The molecule has 1 aromatic carbocycles. The molecule has 2 atom stereocenters. The van der Waals surface area contributed by atoms with Crippen molar-refractivity contribution >= 4 is 29.7 Å². The second-order valence-electron chi connectivity index (χ2n) is 11.5. The van der Waals surface area contributed by atoms with Gasteiger partial charge in [0.05, 0.1) is 22.2 Å². The topological polar surface area (TPSA) is 85.5 Å². The number of nitrogens with one attached hydrogen (secondary N) is 2. The van der Waals surface area contributed by atoms with E-state index in [4.69, 9.17) is 19.0 Å². The molecular formula is C24H36BN3O4. The van der Waals surface area contributed by atoms with Gasteiger partial charge in [0.1, 0.15) is 11.4 Å². The van der Waals surface area contributed by atoms with Gasteiger partial charge in [0.25, 0.3) is 0 Å². The van der Waals surface area contributed by atoms with Crippen LogP contribution in [-0.4, -0.2) is 45.5 Å². The molecule has 1 saturated carbocycles. The van der Waals surface area contributed by atoms with Crippen molar-refractivity contribution in [2.45, 2.75) is 97.0 Å². The Labute approximate surface area is 191 Å². The number of rotatable bonds is 5. The Morgan fingerprint density at radius 2 is 1.88 bits per heavy atom. The molecule has 1 aliphatic heterocycles. The molecule has 2 N–H and O–H groups in total. The van der Waals surface area contributed by atoms with Crippen LogP contribution in [0.15, 0.2) is 18.2 Å². The molecule has 2 aliphatic rings. The minimum absolute atomic E-state index is 0.196. The normalized spacial score (nSPS) is 26.4. The number of aromatic nitrogens is 2. The number of H-pyrrole nitrogens is 1. The highest BCUT2D eigenvalue weighted by atomic mass is 16.7. The van der Waals surface area contributed by atoms with Gasteiger partial charge in [-0.3, -0.25) is 0 Å². The maximum atomic E-state index is 12.1. The maximum absolute atomic E-state index is 12.1. The number of carbonyl (C=O) groups excluding carboxylic acids is 1. The van der Waals surface area contributed by atoms with Gasteiger partial charge in [-0.25, -0.2) is 9.78 Å². The average Bonchev–Trinajstić information content (AvgIpc) is 2.99. The molecule has 32 heavy (non-hydrogen) atoms. The molecule has 2 aromatic rings. The molecule has 8 heteroatoms. The van der Waals surface area contributed by atoms with Crippen LogP contribution >= 0.6 is 0 Å². The number of nitrogens with zero attached hydrogens (tertiary/aromatic N) is 1. The SMILES string of the molecule is CC(C)(C)OC(=O)N[C@]1(C)C[C@@H]1CCc1nc2ccc(B3OC(C)(C)C(C)(C)O3)cc2[nH]1. The summed E-state index contributed by atoms with van der Waals surface area (Å²) in [7, 11) is -0.387. The van der Waals surface area contributed by atoms with Crippen molar-refractivity contribution in [1.29, 1.82) is 0 Å². The Kier molecular flexibility index (Phi) is 5.41. The molecule has 1 aliphatic carbocycles. The van der Waals surface area contributed by atoms with Gasteiger partial charge in [-0.2, -0.15) is 0 Å². The van der Waals surface area contributed by atoms with Crippen molar-refractivity contribution < 1.29 is 18.8 Å². The Morgan fingerprint density at radius 1 is 1.22 bits per heavy atom. The third-order valence-electron chi connectivity index (χ3n) is 7.01. The number of hydrogen-bond donors (Lipinski definition) is 2. The number of alkyl carbamates (subject to hydrolysis) is 1. The number of fused-ring (bicyclic) bond motifs is 1. The first kappa shape index (κ1) is 23.1. The van der Waals surface area contributed by atoms with Crippen molar-refractivity contribution in [2.75, 3.05) is 0 Å². The fourth-order valence-electron chi connectivity index (χ4n) is 4.20. The molecule has 0 spiro atoms. The molecule has 1 saturated heterocycles. The molecule has 2 fully saturated rings.